The lowest BCUT2D eigenvalue weighted by atomic mass is 9.93. The molecule has 0 saturated heterocycles. The fourth-order valence-corrected chi connectivity index (χ4v) is 1.77. The van der Waals surface area contributed by atoms with E-state index >= 15 is 0 Å². The minimum atomic E-state index is -0.313. The van der Waals surface area contributed by atoms with Crippen molar-refractivity contribution in [2.45, 2.75) is 25.4 Å². The predicted molar refractivity (Wildman–Crippen MR) is 52.1 cm³/mol. The number of nitrogens with two attached hydrogens (primary N) is 1. The van der Waals surface area contributed by atoms with Crippen molar-refractivity contribution in [1.82, 2.24) is 4.98 Å². The zero-order valence-corrected chi connectivity index (χ0v) is 7.73. The Hall–Kier alpha value is -1.42. The number of rotatable bonds is 1. The molecule has 14 heavy (non-hydrogen) atoms. The lowest BCUT2D eigenvalue weighted by Crippen LogP contribution is -2.20. The van der Waals surface area contributed by atoms with E-state index in [-0.39, 0.29) is 11.9 Å². The predicted octanol–water partition coefficient (Wildman–Crippen LogP) is 0.326. The van der Waals surface area contributed by atoms with Crippen LogP contribution < -0.4 is 5.73 Å². The highest BCUT2D eigenvalue weighted by Gasteiger charge is 2.18. The van der Waals surface area contributed by atoms with Gasteiger partial charge in [-0.15, -0.1) is 0 Å². The molecule has 0 radical (unpaired) electrons. The van der Waals surface area contributed by atoms with Crippen molar-refractivity contribution in [2.75, 3.05) is 5.73 Å². The molecule has 1 unspecified atom stereocenters. The van der Waals surface area contributed by atoms with E-state index < -0.39 is 0 Å². The summed E-state index contributed by atoms with van der Waals surface area (Å²) in [5.41, 5.74) is 7.86. The van der Waals surface area contributed by atoms with Crippen LogP contribution in [0.25, 0.3) is 0 Å². The van der Waals surface area contributed by atoms with Gasteiger partial charge in [0, 0.05) is 12.1 Å². The molecule has 1 aliphatic carbocycles. The van der Waals surface area contributed by atoms with E-state index in [1.807, 2.05) is 0 Å². The molecule has 0 saturated carbocycles. The standard InChI is InChI=1S/C10H12N2O2/c11-10-7(5-13)3-6-4-8(14)1-2-9(6)12-10/h3,5,8,14H,1-2,4H2,(H2,11,12). The molecule has 74 valence electrons. The molecule has 0 bridgehead atoms. The second-order valence-electron chi connectivity index (χ2n) is 3.58. The summed E-state index contributed by atoms with van der Waals surface area (Å²) in [6.07, 6.45) is 2.42. The molecule has 0 amide bonds. The second-order valence-corrected chi connectivity index (χ2v) is 3.58. The summed E-state index contributed by atoms with van der Waals surface area (Å²) >= 11 is 0. The number of nitrogen functional groups attached to an aromatic ring is 1. The molecule has 2 rings (SSSR count). The highest BCUT2D eigenvalue weighted by Crippen LogP contribution is 2.22. The number of aromatic nitrogens is 1. The molecule has 4 heteroatoms. The molecule has 1 aliphatic rings. The minimum Gasteiger partial charge on any atom is -0.393 e. The van der Waals surface area contributed by atoms with Crippen molar-refractivity contribution in [2.24, 2.45) is 0 Å². The Morgan fingerprint density at radius 2 is 2.43 bits per heavy atom. The van der Waals surface area contributed by atoms with E-state index in [1.165, 1.54) is 0 Å². The smallest absolute Gasteiger partial charge is 0.153 e. The van der Waals surface area contributed by atoms with Gasteiger partial charge in [-0.3, -0.25) is 4.79 Å². The lowest BCUT2D eigenvalue weighted by molar-refractivity contribution is 0.112. The number of carbonyl (C=O) groups excluding carboxylic acids is 1. The van der Waals surface area contributed by atoms with Crippen molar-refractivity contribution in [3.8, 4) is 0 Å². The SMILES string of the molecule is Nc1nc2c(cc1C=O)CC(O)CC2. The van der Waals surface area contributed by atoms with Crippen LogP contribution in [-0.2, 0) is 12.8 Å². The summed E-state index contributed by atoms with van der Waals surface area (Å²) in [6, 6.07) is 1.73. The highest BCUT2D eigenvalue weighted by atomic mass is 16.3. The van der Waals surface area contributed by atoms with Crippen LogP contribution in [0.2, 0.25) is 0 Å². The van der Waals surface area contributed by atoms with E-state index in [0.717, 1.165) is 24.1 Å². The Morgan fingerprint density at radius 3 is 3.14 bits per heavy atom. The quantitative estimate of drug-likeness (QED) is 0.628. The van der Waals surface area contributed by atoms with Crippen LogP contribution in [0.1, 0.15) is 28.0 Å². The molecule has 1 aromatic rings. The second kappa shape index (κ2) is 3.38. The number of aliphatic hydroxyl groups excluding tert-OH is 1. The molecule has 1 aromatic heterocycles. The zero-order chi connectivity index (χ0) is 10.1. The van der Waals surface area contributed by atoms with Gasteiger partial charge >= 0.3 is 0 Å². The Bertz CT molecular complexity index is 377. The van der Waals surface area contributed by atoms with Crippen molar-refractivity contribution >= 4 is 12.1 Å². The normalized spacial score (nSPS) is 20.2. The summed E-state index contributed by atoms with van der Waals surface area (Å²) in [4.78, 5) is 14.8. The van der Waals surface area contributed by atoms with Gasteiger partial charge in [-0.2, -0.15) is 0 Å². The molecule has 0 aromatic carbocycles. The lowest BCUT2D eigenvalue weighted by Gasteiger charge is -2.20. The number of fused-ring (bicyclic) bond motifs is 1. The monoisotopic (exact) mass is 192 g/mol. The number of nitrogens with zero attached hydrogens (tertiary/aromatic N) is 1. The Labute approximate surface area is 81.8 Å². The first kappa shape index (κ1) is 9.15. The van der Waals surface area contributed by atoms with Crippen molar-refractivity contribution in [3.05, 3.63) is 22.9 Å². The van der Waals surface area contributed by atoms with E-state index in [2.05, 4.69) is 4.98 Å². The summed E-state index contributed by atoms with van der Waals surface area (Å²) in [6.45, 7) is 0. The Kier molecular flexibility index (Phi) is 2.21. The highest BCUT2D eigenvalue weighted by molar-refractivity contribution is 5.82. The van der Waals surface area contributed by atoms with Gasteiger partial charge in [0.2, 0.25) is 0 Å². The van der Waals surface area contributed by atoms with Gasteiger partial charge < -0.3 is 10.8 Å². The van der Waals surface area contributed by atoms with Crippen molar-refractivity contribution in [1.29, 1.82) is 0 Å². The number of hydrogen-bond acceptors (Lipinski definition) is 4. The number of aryl methyl sites for hydroxylation is 1. The summed E-state index contributed by atoms with van der Waals surface area (Å²) < 4.78 is 0. The molecule has 4 nitrogen and oxygen atoms in total. The zero-order valence-electron chi connectivity index (χ0n) is 7.73. The minimum absolute atomic E-state index is 0.287. The van der Waals surface area contributed by atoms with Gasteiger partial charge in [0.25, 0.3) is 0 Å². The molecule has 3 N–H and O–H groups in total. The van der Waals surface area contributed by atoms with E-state index in [9.17, 15) is 9.90 Å². The van der Waals surface area contributed by atoms with Crippen LogP contribution in [0.5, 0.6) is 0 Å². The largest absolute Gasteiger partial charge is 0.393 e. The summed E-state index contributed by atoms with van der Waals surface area (Å²) in [7, 11) is 0. The molecular weight excluding hydrogens is 180 g/mol. The van der Waals surface area contributed by atoms with Crippen molar-refractivity contribution in [3.63, 3.8) is 0 Å². The average molecular weight is 192 g/mol. The Balaban J connectivity index is 2.46. The third-order valence-electron chi connectivity index (χ3n) is 2.55. The average Bonchev–Trinajstić information content (AvgIpc) is 2.17. The van der Waals surface area contributed by atoms with Gasteiger partial charge in [-0.1, -0.05) is 0 Å². The fourth-order valence-electron chi connectivity index (χ4n) is 1.77. The fraction of sp³-hybridized carbons (Fsp3) is 0.400. The Morgan fingerprint density at radius 1 is 1.64 bits per heavy atom. The molecule has 0 aliphatic heterocycles. The van der Waals surface area contributed by atoms with Gasteiger partial charge in [0.15, 0.2) is 6.29 Å². The van der Waals surface area contributed by atoms with Crippen LogP contribution in [0.15, 0.2) is 6.07 Å². The van der Waals surface area contributed by atoms with E-state index in [4.69, 9.17) is 5.73 Å². The number of aldehydes is 1. The van der Waals surface area contributed by atoms with Crippen LogP contribution in [0.3, 0.4) is 0 Å². The van der Waals surface area contributed by atoms with Gasteiger partial charge in [0.05, 0.1) is 11.7 Å². The van der Waals surface area contributed by atoms with Gasteiger partial charge in [-0.05, 0) is 24.5 Å². The maximum absolute atomic E-state index is 10.6. The summed E-state index contributed by atoms with van der Waals surface area (Å²) in [5.74, 6) is 0.287. The van der Waals surface area contributed by atoms with E-state index in [0.29, 0.717) is 18.3 Å². The first-order valence-electron chi connectivity index (χ1n) is 4.62. The number of pyridine rings is 1. The molecule has 1 heterocycles. The molecular formula is C10H12N2O2. The summed E-state index contributed by atoms with van der Waals surface area (Å²) in [5, 5.41) is 9.44. The van der Waals surface area contributed by atoms with Crippen LogP contribution >= 0.6 is 0 Å². The molecule has 0 spiro atoms. The first-order valence-corrected chi connectivity index (χ1v) is 4.62. The topological polar surface area (TPSA) is 76.2 Å². The molecule has 0 fully saturated rings. The number of carbonyl (C=O) groups is 1. The van der Waals surface area contributed by atoms with Gasteiger partial charge in [0.1, 0.15) is 5.82 Å². The van der Waals surface area contributed by atoms with E-state index in [1.54, 1.807) is 6.07 Å². The van der Waals surface area contributed by atoms with Crippen LogP contribution in [0, 0.1) is 0 Å². The maximum atomic E-state index is 10.6. The van der Waals surface area contributed by atoms with Crippen LogP contribution in [-0.4, -0.2) is 22.5 Å². The third-order valence-corrected chi connectivity index (χ3v) is 2.55. The third kappa shape index (κ3) is 1.48. The number of aliphatic hydroxyl groups is 1. The van der Waals surface area contributed by atoms with Crippen LogP contribution in [0.4, 0.5) is 5.82 Å². The van der Waals surface area contributed by atoms with Gasteiger partial charge in [-0.25, -0.2) is 4.98 Å². The maximum Gasteiger partial charge on any atom is 0.153 e. The molecule has 1 atom stereocenters. The number of hydrogen-bond donors (Lipinski definition) is 2. The first-order chi connectivity index (χ1) is 6.70. The number of anilines is 1. The van der Waals surface area contributed by atoms with Crippen molar-refractivity contribution < 1.29 is 9.90 Å².